The number of nitrogens with two attached hydrogens (primary N) is 1. The summed E-state index contributed by atoms with van der Waals surface area (Å²) in [6, 6.07) is 6.70. The number of hydrogen-bond donors (Lipinski definition) is 2. The number of allylic oxidation sites excluding steroid dienone is 3. The zero-order valence-corrected chi connectivity index (χ0v) is 8.50. The summed E-state index contributed by atoms with van der Waals surface area (Å²) in [5.41, 5.74) is 8.12. The van der Waals surface area contributed by atoms with Crippen LogP contribution in [0, 0.1) is 5.82 Å². The highest BCUT2D eigenvalue weighted by molar-refractivity contribution is 5.76. The van der Waals surface area contributed by atoms with Gasteiger partial charge in [0.1, 0.15) is 5.82 Å². The fourth-order valence-electron chi connectivity index (χ4n) is 1.68. The highest BCUT2D eigenvalue weighted by Gasteiger charge is 2.11. The van der Waals surface area contributed by atoms with Gasteiger partial charge in [0.15, 0.2) is 0 Å². The summed E-state index contributed by atoms with van der Waals surface area (Å²) in [5.74, 6) is -0.220. The molecule has 1 aromatic rings. The molecule has 2 nitrogen and oxygen atoms in total. The van der Waals surface area contributed by atoms with Crippen LogP contribution in [0.15, 0.2) is 42.1 Å². The molecule has 1 heterocycles. The van der Waals surface area contributed by atoms with E-state index in [9.17, 15) is 4.39 Å². The van der Waals surface area contributed by atoms with Crippen molar-refractivity contribution in [2.45, 2.75) is 13.1 Å². The predicted octanol–water partition coefficient (Wildman–Crippen LogP) is 2.00. The molecule has 15 heavy (non-hydrogen) atoms. The zero-order valence-electron chi connectivity index (χ0n) is 8.50. The van der Waals surface area contributed by atoms with Gasteiger partial charge in [0.05, 0.1) is 6.17 Å². The first-order chi connectivity index (χ1) is 7.16. The molecule has 0 amide bonds. The Labute approximate surface area is 88.3 Å². The summed E-state index contributed by atoms with van der Waals surface area (Å²) < 4.78 is 13.5. The van der Waals surface area contributed by atoms with Crippen molar-refractivity contribution in [1.29, 1.82) is 0 Å². The minimum Gasteiger partial charge on any atom is -0.370 e. The summed E-state index contributed by atoms with van der Waals surface area (Å²) in [7, 11) is 0. The highest BCUT2D eigenvalue weighted by Crippen LogP contribution is 2.22. The van der Waals surface area contributed by atoms with Gasteiger partial charge >= 0.3 is 0 Å². The van der Waals surface area contributed by atoms with Crippen LogP contribution < -0.4 is 11.1 Å². The van der Waals surface area contributed by atoms with Crippen LogP contribution in [0.4, 0.5) is 4.39 Å². The summed E-state index contributed by atoms with van der Waals surface area (Å²) in [4.78, 5) is 0. The average molecular weight is 204 g/mol. The molecule has 3 heteroatoms. The van der Waals surface area contributed by atoms with Crippen LogP contribution >= 0.6 is 0 Å². The third-order valence-corrected chi connectivity index (χ3v) is 2.31. The second kappa shape index (κ2) is 3.87. The quantitative estimate of drug-likeness (QED) is 0.734. The zero-order chi connectivity index (χ0) is 10.8. The topological polar surface area (TPSA) is 38.0 Å². The Bertz CT molecular complexity index is 435. The van der Waals surface area contributed by atoms with E-state index in [-0.39, 0.29) is 12.0 Å². The third kappa shape index (κ3) is 2.07. The van der Waals surface area contributed by atoms with E-state index in [1.807, 2.05) is 25.1 Å². The van der Waals surface area contributed by atoms with Gasteiger partial charge in [0, 0.05) is 11.3 Å². The lowest BCUT2D eigenvalue weighted by Gasteiger charge is -2.19. The molecule has 0 saturated carbocycles. The van der Waals surface area contributed by atoms with Gasteiger partial charge in [-0.25, -0.2) is 4.39 Å². The Morgan fingerprint density at radius 3 is 2.73 bits per heavy atom. The molecule has 0 saturated heterocycles. The summed E-state index contributed by atoms with van der Waals surface area (Å²) in [6.45, 7) is 1.91. The van der Waals surface area contributed by atoms with Crippen LogP contribution in [0.1, 0.15) is 12.5 Å². The van der Waals surface area contributed by atoms with E-state index < -0.39 is 0 Å². The van der Waals surface area contributed by atoms with Gasteiger partial charge < -0.3 is 11.1 Å². The maximum atomic E-state index is 13.5. The van der Waals surface area contributed by atoms with Crippen molar-refractivity contribution in [2.24, 2.45) is 5.73 Å². The first kappa shape index (κ1) is 9.93. The van der Waals surface area contributed by atoms with E-state index in [1.165, 1.54) is 6.07 Å². The van der Waals surface area contributed by atoms with E-state index in [4.69, 9.17) is 5.73 Å². The number of halogens is 1. The van der Waals surface area contributed by atoms with Gasteiger partial charge in [-0.3, -0.25) is 0 Å². The first-order valence-electron chi connectivity index (χ1n) is 4.84. The summed E-state index contributed by atoms with van der Waals surface area (Å²) >= 11 is 0. The van der Waals surface area contributed by atoms with Gasteiger partial charge in [-0.05, 0) is 30.7 Å². The van der Waals surface area contributed by atoms with Crippen LogP contribution in [0.3, 0.4) is 0 Å². The van der Waals surface area contributed by atoms with Crippen LogP contribution in [0.5, 0.6) is 0 Å². The molecule has 0 radical (unpaired) electrons. The number of rotatable bonds is 1. The number of hydrogen-bond acceptors (Lipinski definition) is 2. The number of benzene rings is 1. The minimum absolute atomic E-state index is 0.220. The largest absolute Gasteiger partial charge is 0.370 e. The Kier molecular flexibility index (Phi) is 2.56. The third-order valence-electron chi connectivity index (χ3n) is 2.31. The van der Waals surface area contributed by atoms with Crippen LogP contribution in [-0.4, -0.2) is 6.17 Å². The second-order valence-corrected chi connectivity index (χ2v) is 3.60. The molecule has 1 unspecified atom stereocenters. The Balaban J connectivity index is 2.44. The van der Waals surface area contributed by atoms with Crippen molar-refractivity contribution in [1.82, 2.24) is 5.32 Å². The maximum absolute atomic E-state index is 13.5. The summed E-state index contributed by atoms with van der Waals surface area (Å²) in [6.07, 6.45) is 3.46. The normalized spacial score (nSPS) is 20.3. The minimum atomic E-state index is -0.246. The summed E-state index contributed by atoms with van der Waals surface area (Å²) in [5, 5.41) is 3.04. The number of nitrogens with one attached hydrogen (secondary N) is 1. The second-order valence-electron chi connectivity index (χ2n) is 3.60. The highest BCUT2D eigenvalue weighted by atomic mass is 19.1. The average Bonchev–Trinajstić information content (AvgIpc) is 2.16. The molecular weight excluding hydrogens is 191 g/mol. The van der Waals surface area contributed by atoms with E-state index in [1.54, 1.807) is 12.1 Å². The Morgan fingerprint density at radius 2 is 2.07 bits per heavy atom. The predicted molar refractivity (Wildman–Crippen MR) is 59.2 cm³/mol. The lowest BCUT2D eigenvalue weighted by molar-refractivity contribution is 0.623. The van der Waals surface area contributed by atoms with Crippen molar-refractivity contribution in [3.05, 3.63) is 53.5 Å². The van der Waals surface area contributed by atoms with E-state index in [2.05, 4.69) is 5.32 Å². The van der Waals surface area contributed by atoms with Gasteiger partial charge in [-0.2, -0.15) is 0 Å². The van der Waals surface area contributed by atoms with Crippen molar-refractivity contribution < 1.29 is 4.39 Å². The van der Waals surface area contributed by atoms with Crippen LogP contribution in [0.25, 0.3) is 5.57 Å². The van der Waals surface area contributed by atoms with Crippen molar-refractivity contribution in [3.8, 4) is 0 Å². The molecule has 0 bridgehead atoms. The van der Waals surface area contributed by atoms with Gasteiger partial charge in [0.25, 0.3) is 0 Å². The molecule has 1 aromatic carbocycles. The van der Waals surface area contributed by atoms with E-state index in [0.717, 1.165) is 11.3 Å². The molecule has 0 fully saturated rings. The van der Waals surface area contributed by atoms with Crippen molar-refractivity contribution in [3.63, 3.8) is 0 Å². The fraction of sp³-hybridized carbons (Fsp3) is 0.167. The molecule has 1 atom stereocenters. The molecular formula is C12H13FN2. The molecule has 1 aliphatic heterocycles. The van der Waals surface area contributed by atoms with E-state index in [0.29, 0.717) is 5.56 Å². The van der Waals surface area contributed by atoms with Crippen molar-refractivity contribution >= 4 is 5.57 Å². The number of dihydropyridines is 1. The smallest absolute Gasteiger partial charge is 0.131 e. The van der Waals surface area contributed by atoms with Gasteiger partial charge in [-0.15, -0.1) is 0 Å². The van der Waals surface area contributed by atoms with E-state index >= 15 is 0 Å². The molecule has 78 valence electrons. The standard InChI is InChI=1S/C12H13FN2/c1-8-6-9(7-12(14)15-8)10-4-2-3-5-11(10)13/h2-7,12,15H,14H2,1H3. The SMILES string of the molecule is CC1=CC(c2ccccc2F)=CC(N)N1. The lowest BCUT2D eigenvalue weighted by Crippen LogP contribution is -2.36. The van der Waals surface area contributed by atoms with Crippen LogP contribution in [-0.2, 0) is 0 Å². The fourth-order valence-corrected chi connectivity index (χ4v) is 1.68. The first-order valence-corrected chi connectivity index (χ1v) is 4.84. The van der Waals surface area contributed by atoms with Gasteiger partial charge in [-0.1, -0.05) is 18.2 Å². The monoisotopic (exact) mass is 204 g/mol. The molecule has 3 N–H and O–H groups in total. The molecule has 0 aliphatic carbocycles. The van der Waals surface area contributed by atoms with Crippen LogP contribution in [0.2, 0.25) is 0 Å². The molecule has 0 spiro atoms. The van der Waals surface area contributed by atoms with Crippen molar-refractivity contribution in [2.75, 3.05) is 0 Å². The molecule has 1 aliphatic rings. The Hall–Kier alpha value is -1.61. The maximum Gasteiger partial charge on any atom is 0.131 e. The molecule has 2 rings (SSSR count). The lowest BCUT2D eigenvalue weighted by atomic mass is 10.0. The van der Waals surface area contributed by atoms with Gasteiger partial charge in [0.2, 0.25) is 0 Å². The molecule has 0 aromatic heterocycles. The Morgan fingerprint density at radius 1 is 1.33 bits per heavy atom.